The van der Waals surface area contributed by atoms with Crippen LogP contribution in [0.4, 0.5) is 5.69 Å². The summed E-state index contributed by atoms with van der Waals surface area (Å²) in [5, 5.41) is 10.8. The first-order valence-corrected chi connectivity index (χ1v) is 9.13. The fourth-order valence-electron chi connectivity index (χ4n) is 2.69. The summed E-state index contributed by atoms with van der Waals surface area (Å²) in [5.74, 6) is 0.228. The molecule has 0 aliphatic rings. The van der Waals surface area contributed by atoms with E-state index in [1.165, 1.54) is 35.6 Å². The molecule has 0 atom stereocenters. The van der Waals surface area contributed by atoms with Crippen LogP contribution in [0.3, 0.4) is 0 Å². The molecule has 7 nitrogen and oxygen atoms in total. The molecule has 0 unspecified atom stereocenters. The van der Waals surface area contributed by atoms with E-state index in [-0.39, 0.29) is 5.69 Å². The van der Waals surface area contributed by atoms with Crippen molar-refractivity contribution in [2.24, 2.45) is 4.99 Å². The fraction of sp³-hybridized carbons (Fsp3) is 0.100. The first kappa shape index (κ1) is 19.2. The zero-order valence-corrected chi connectivity index (χ0v) is 15.9. The summed E-state index contributed by atoms with van der Waals surface area (Å²) >= 11 is 1.37. The summed E-state index contributed by atoms with van der Waals surface area (Å²) < 4.78 is 8.23. The van der Waals surface area contributed by atoms with Crippen molar-refractivity contribution in [1.82, 2.24) is 4.57 Å². The van der Waals surface area contributed by atoms with Gasteiger partial charge in [0.05, 0.1) is 16.7 Å². The van der Waals surface area contributed by atoms with Gasteiger partial charge in [0.15, 0.2) is 4.80 Å². The van der Waals surface area contributed by atoms with Crippen molar-refractivity contribution in [2.45, 2.75) is 6.54 Å². The van der Waals surface area contributed by atoms with Gasteiger partial charge in [0, 0.05) is 24.8 Å². The fourth-order valence-corrected chi connectivity index (χ4v) is 3.75. The zero-order valence-electron chi connectivity index (χ0n) is 15.1. The summed E-state index contributed by atoms with van der Waals surface area (Å²) in [4.78, 5) is 27.4. The van der Waals surface area contributed by atoms with Gasteiger partial charge in [-0.25, -0.2) is 0 Å². The van der Waals surface area contributed by atoms with Gasteiger partial charge in [-0.1, -0.05) is 35.6 Å². The molecule has 3 aromatic rings. The Balaban J connectivity index is 1.98. The maximum Gasteiger partial charge on any atom is 0.272 e. The van der Waals surface area contributed by atoms with Crippen LogP contribution in [0.15, 0.2) is 66.2 Å². The Morgan fingerprint density at radius 2 is 2.14 bits per heavy atom. The summed E-state index contributed by atoms with van der Waals surface area (Å²) in [6.07, 6.45) is 4.52. The third kappa shape index (κ3) is 4.07. The average molecular weight is 395 g/mol. The Labute approximate surface area is 164 Å². The summed E-state index contributed by atoms with van der Waals surface area (Å²) in [5.41, 5.74) is 1.37. The molecule has 0 aliphatic heterocycles. The third-order valence-electron chi connectivity index (χ3n) is 3.90. The van der Waals surface area contributed by atoms with Crippen LogP contribution in [-0.2, 0) is 11.3 Å². The molecular weight excluding hydrogens is 378 g/mol. The standard InChI is InChI=1S/C20H17N3O4S/c1-3-12-22-19-16(27-2)8-5-9-17(19)28-20(22)21-18(24)11-10-14-6-4-7-15(13-14)23(25)26/h3-11,13H,1,12H2,2H3. The molecule has 1 aromatic heterocycles. The predicted molar refractivity (Wildman–Crippen MR) is 109 cm³/mol. The quantitative estimate of drug-likeness (QED) is 0.274. The number of carbonyl (C=O) groups is 1. The third-order valence-corrected chi connectivity index (χ3v) is 4.94. The van der Waals surface area contributed by atoms with Crippen LogP contribution in [0.5, 0.6) is 5.75 Å². The van der Waals surface area contributed by atoms with Gasteiger partial charge >= 0.3 is 0 Å². The summed E-state index contributed by atoms with van der Waals surface area (Å²) in [6, 6.07) is 11.7. The minimum absolute atomic E-state index is 0.0352. The normalized spacial score (nSPS) is 11.8. The van der Waals surface area contributed by atoms with Gasteiger partial charge in [-0.05, 0) is 23.8 Å². The maximum absolute atomic E-state index is 12.3. The zero-order chi connectivity index (χ0) is 20.1. The average Bonchev–Trinajstić information content (AvgIpc) is 3.04. The van der Waals surface area contributed by atoms with Gasteiger partial charge in [-0.2, -0.15) is 4.99 Å². The number of nitro groups is 1. The van der Waals surface area contributed by atoms with Crippen molar-refractivity contribution in [3.8, 4) is 5.75 Å². The second-order valence-electron chi connectivity index (χ2n) is 5.73. The van der Waals surface area contributed by atoms with E-state index in [0.29, 0.717) is 22.7 Å². The number of ether oxygens (including phenoxy) is 1. The molecule has 1 heterocycles. The molecule has 142 valence electrons. The molecule has 3 rings (SSSR count). The molecule has 0 radical (unpaired) electrons. The van der Waals surface area contributed by atoms with Gasteiger partial charge in [0.2, 0.25) is 0 Å². The number of amides is 1. The second kappa shape index (κ2) is 8.45. The van der Waals surface area contributed by atoms with Crippen LogP contribution in [-0.4, -0.2) is 22.5 Å². The highest BCUT2D eigenvalue weighted by molar-refractivity contribution is 7.16. The largest absolute Gasteiger partial charge is 0.495 e. The van der Waals surface area contributed by atoms with Gasteiger partial charge in [0.25, 0.3) is 11.6 Å². The Kier molecular flexibility index (Phi) is 5.81. The Bertz CT molecular complexity index is 1160. The minimum Gasteiger partial charge on any atom is -0.495 e. The van der Waals surface area contributed by atoms with Gasteiger partial charge in [-0.15, -0.1) is 6.58 Å². The first-order chi connectivity index (χ1) is 13.5. The number of thiazole rings is 1. The molecule has 0 fully saturated rings. The number of nitrogens with zero attached hydrogens (tertiary/aromatic N) is 3. The monoisotopic (exact) mass is 395 g/mol. The molecule has 0 N–H and O–H groups in total. The topological polar surface area (TPSA) is 86.7 Å². The number of rotatable bonds is 6. The smallest absolute Gasteiger partial charge is 0.272 e. The molecule has 0 bridgehead atoms. The van der Waals surface area contributed by atoms with Crippen LogP contribution in [0.2, 0.25) is 0 Å². The lowest BCUT2D eigenvalue weighted by molar-refractivity contribution is -0.384. The van der Waals surface area contributed by atoms with E-state index in [0.717, 1.165) is 10.2 Å². The van der Waals surface area contributed by atoms with Crippen LogP contribution in [0.25, 0.3) is 16.3 Å². The van der Waals surface area contributed by atoms with Crippen molar-refractivity contribution < 1.29 is 14.5 Å². The van der Waals surface area contributed by atoms with E-state index in [1.54, 1.807) is 25.3 Å². The number of allylic oxidation sites excluding steroid dienone is 1. The molecule has 0 saturated heterocycles. The van der Waals surface area contributed by atoms with Crippen molar-refractivity contribution in [2.75, 3.05) is 7.11 Å². The highest BCUT2D eigenvalue weighted by atomic mass is 32.1. The van der Waals surface area contributed by atoms with Gasteiger partial charge in [0.1, 0.15) is 11.3 Å². The van der Waals surface area contributed by atoms with E-state index in [9.17, 15) is 14.9 Å². The Morgan fingerprint density at radius 3 is 2.86 bits per heavy atom. The van der Waals surface area contributed by atoms with Gasteiger partial charge < -0.3 is 9.30 Å². The van der Waals surface area contributed by atoms with E-state index >= 15 is 0 Å². The highest BCUT2D eigenvalue weighted by Crippen LogP contribution is 2.27. The lowest BCUT2D eigenvalue weighted by Crippen LogP contribution is -2.15. The maximum atomic E-state index is 12.3. The van der Waals surface area contributed by atoms with Crippen LogP contribution >= 0.6 is 11.3 Å². The van der Waals surface area contributed by atoms with Crippen LogP contribution < -0.4 is 9.54 Å². The number of para-hydroxylation sites is 1. The number of hydrogen-bond donors (Lipinski definition) is 0. The Hall–Kier alpha value is -3.52. The van der Waals surface area contributed by atoms with Crippen molar-refractivity contribution in [1.29, 1.82) is 0 Å². The number of hydrogen-bond acceptors (Lipinski definition) is 5. The molecule has 2 aromatic carbocycles. The first-order valence-electron chi connectivity index (χ1n) is 8.32. The number of aromatic nitrogens is 1. The molecule has 28 heavy (non-hydrogen) atoms. The number of non-ortho nitro benzene ring substituents is 1. The van der Waals surface area contributed by atoms with Gasteiger partial charge in [-0.3, -0.25) is 14.9 Å². The molecular formula is C20H17N3O4S. The van der Waals surface area contributed by atoms with E-state index in [4.69, 9.17) is 4.74 Å². The number of methoxy groups -OCH3 is 1. The van der Waals surface area contributed by atoms with E-state index in [1.807, 2.05) is 22.8 Å². The predicted octanol–water partition coefficient (Wildman–Crippen LogP) is 3.95. The summed E-state index contributed by atoms with van der Waals surface area (Å²) in [6.45, 7) is 4.24. The number of benzene rings is 2. The highest BCUT2D eigenvalue weighted by Gasteiger charge is 2.11. The van der Waals surface area contributed by atoms with Crippen molar-refractivity contribution in [3.05, 3.63) is 81.7 Å². The van der Waals surface area contributed by atoms with Crippen LogP contribution in [0, 0.1) is 10.1 Å². The van der Waals surface area contributed by atoms with Crippen LogP contribution in [0.1, 0.15) is 5.56 Å². The molecule has 1 amide bonds. The number of fused-ring (bicyclic) bond motifs is 1. The van der Waals surface area contributed by atoms with Crippen molar-refractivity contribution >= 4 is 39.2 Å². The van der Waals surface area contributed by atoms with E-state index in [2.05, 4.69) is 11.6 Å². The lowest BCUT2D eigenvalue weighted by Gasteiger charge is -2.05. The lowest BCUT2D eigenvalue weighted by atomic mass is 10.2. The minimum atomic E-state index is -0.480. The van der Waals surface area contributed by atoms with E-state index < -0.39 is 10.8 Å². The van der Waals surface area contributed by atoms with Crippen molar-refractivity contribution in [3.63, 3.8) is 0 Å². The summed E-state index contributed by atoms with van der Waals surface area (Å²) in [7, 11) is 1.59. The number of carbonyl (C=O) groups excluding carboxylic acids is 1. The molecule has 0 saturated carbocycles. The number of nitro benzene ring substituents is 1. The molecule has 8 heteroatoms. The molecule has 0 aliphatic carbocycles. The Morgan fingerprint density at radius 1 is 1.36 bits per heavy atom. The SMILES string of the molecule is C=CCn1c(=NC(=O)C=Cc2cccc([N+](=O)[O-])c2)sc2cccc(OC)c21. The molecule has 0 spiro atoms. The second-order valence-corrected chi connectivity index (χ2v) is 6.74.